The number of para-hydroxylation sites is 1. The second-order valence-corrected chi connectivity index (χ2v) is 9.38. The zero-order chi connectivity index (χ0) is 22.9. The lowest BCUT2D eigenvalue weighted by molar-refractivity contribution is -0.384. The first kappa shape index (κ1) is 21.6. The number of anilines is 1. The van der Waals surface area contributed by atoms with Gasteiger partial charge in [0.15, 0.2) is 11.5 Å². The molecule has 0 bridgehead atoms. The highest BCUT2D eigenvalue weighted by molar-refractivity contribution is 7.91. The van der Waals surface area contributed by atoms with E-state index in [-0.39, 0.29) is 38.9 Å². The zero-order valence-corrected chi connectivity index (χ0v) is 18.2. The third-order valence-electron chi connectivity index (χ3n) is 4.68. The molecule has 0 aliphatic carbocycles. The predicted molar refractivity (Wildman–Crippen MR) is 115 cm³/mol. The van der Waals surface area contributed by atoms with Crippen LogP contribution >= 0.6 is 0 Å². The first-order chi connectivity index (χ1) is 15.3. The summed E-state index contributed by atoms with van der Waals surface area (Å²) in [6, 6.07) is 10.1. The third-order valence-corrected chi connectivity index (χ3v) is 6.34. The SMILES string of the molecule is CC(C)CNc1oc(-c2ccccc2[N+](=O)[O-])nc1S(=O)(=O)c1ccc2c(c1)OCCO2. The van der Waals surface area contributed by atoms with Crippen LogP contribution in [0, 0.1) is 16.0 Å². The molecule has 0 saturated carbocycles. The second-order valence-electron chi connectivity index (χ2n) is 7.51. The van der Waals surface area contributed by atoms with Crippen molar-refractivity contribution in [2.24, 2.45) is 5.92 Å². The number of sulfone groups is 1. The highest BCUT2D eigenvalue weighted by Crippen LogP contribution is 2.38. The maximum Gasteiger partial charge on any atom is 0.282 e. The van der Waals surface area contributed by atoms with Crippen molar-refractivity contribution in [3.05, 3.63) is 52.6 Å². The van der Waals surface area contributed by atoms with Crippen molar-refractivity contribution in [1.29, 1.82) is 0 Å². The van der Waals surface area contributed by atoms with Crippen LogP contribution in [0.3, 0.4) is 0 Å². The van der Waals surface area contributed by atoms with Crippen LogP contribution < -0.4 is 14.8 Å². The molecule has 2 aromatic carbocycles. The molecule has 2 heterocycles. The molecule has 1 aliphatic heterocycles. The fourth-order valence-electron chi connectivity index (χ4n) is 3.13. The summed E-state index contributed by atoms with van der Waals surface area (Å²) in [4.78, 5) is 15.0. The normalized spacial score (nSPS) is 13.2. The van der Waals surface area contributed by atoms with E-state index in [2.05, 4.69) is 10.3 Å². The molecular weight excluding hydrogens is 438 g/mol. The van der Waals surface area contributed by atoms with Gasteiger partial charge >= 0.3 is 0 Å². The van der Waals surface area contributed by atoms with Gasteiger partial charge in [-0.15, -0.1) is 0 Å². The average molecular weight is 459 g/mol. The third kappa shape index (κ3) is 4.11. The van der Waals surface area contributed by atoms with Crippen molar-refractivity contribution in [3.63, 3.8) is 0 Å². The van der Waals surface area contributed by atoms with E-state index < -0.39 is 14.8 Å². The molecule has 3 aromatic rings. The molecule has 0 radical (unpaired) electrons. The summed E-state index contributed by atoms with van der Waals surface area (Å²) in [6.07, 6.45) is 0. The molecule has 0 saturated heterocycles. The van der Waals surface area contributed by atoms with Gasteiger partial charge in [-0.2, -0.15) is 4.98 Å². The molecule has 0 spiro atoms. The Hall–Kier alpha value is -3.60. The molecular formula is C21H21N3O7S. The smallest absolute Gasteiger partial charge is 0.282 e. The number of hydrogen-bond donors (Lipinski definition) is 1. The first-order valence-electron chi connectivity index (χ1n) is 9.90. The fourth-order valence-corrected chi connectivity index (χ4v) is 4.42. The fraction of sp³-hybridized carbons (Fsp3) is 0.286. The van der Waals surface area contributed by atoms with Crippen molar-refractivity contribution in [1.82, 2.24) is 4.98 Å². The molecule has 32 heavy (non-hydrogen) atoms. The summed E-state index contributed by atoms with van der Waals surface area (Å²) < 4.78 is 43.6. The highest BCUT2D eigenvalue weighted by atomic mass is 32.2. The lowest BCUT2D eigenvalue weighted by Crippen LogP contribution is -2.16. The molecule has 4 rings (SSSR count). The maximum absolute atomic E-state index is 13.5. The highest BCUT2D eigenvalue weighted by Gasteiger charge is 2.31. The van der Waals surface area contributed by atoms with Gasteiger partial charge in [-0.05, 0) is 24.1 Å². The minimum atomic E-state index is -4.14. The number of hydrogen-bond acceptors (Lipinski definition) is 9. The molecule has 0 fully saturated rings. The number of nitro groups is 1. The Balaban J connectivity index is 1.83. The molecule has 11 heteroatoms. The number of nitro benzene ring substituents is 1. The quantitative estimate of drug-likeness (QED) is 0.412. The summed E-state index contributed by atoms with van der Waals surface area (Å²) >= 11 is 0. The van der Waals surface area contributed by atoms with Gasteiger partial charge in [0.05, 0.1) is 9.82 Å². The van der Waals surface area contributed by atoms with E-state index >= 15 is 0 Å². The topological polar surface area (TPSA) is 134 Å². The summed E-state index contributed by atoms with van der Waals surface area (Å²) in [5.74, 6) is 0.700. The Morgan fingerprint density at radius 2 is 1.84 bits per heavy atom. The van der Waals surface area contributed by atoms with Crippen LogP contribution in [0.1, 0.15) is 13.8 Å². The van der Waals surface area contributed by atoms with Gasteiger partial charge in [0, 0.05) is 18.7 Å². The lowest BCUT2D eigenvalue weighted by atomic mass is 10.2. The van der Waals surface area contributed by atoms with Gasteiger partial charge in [-0.3, -0.25) is 10.1 Å². The monoisotopic (exact) mass is 459 g/mol. The zero-order valence-electron chi connectivity index (χ0n) is 17.4. The molecule has 0 atom stereocenters. The van der Waals surface area contributed by atoms with Gasteiger partial charge in [0.25, 0.3) is 5.69 Å². The van der Waals surface area contributed by atoms with Crippen LogP contribution in [0.2, 0.25) is 0 Å². The Bertz CT molecular complexity index is 1270. The van der Waals surface area contributed by atoms with Crippen LogP contribution in [0.15, 0.2) is 56.8 Å². The van der Waals surface area contributed by atoms with Gasteiger partial charge in [0.1, 0.15) is 18.8 Å². The van der Waals surface area contributed by atoms with Crippen LogP contribution in [0.4, 0.5) is 11.6 Å². The van der Waals surface area contributed by atoms with Crippen molar-refractivity contribution < 1.29 is 27.2 Å². The van der Waals surface area contributed by atoms with Crippen molar-refractivity contribution in [3.8, 4) is 23.0 Å². The van der Waals surface area contributed by atoms with Gasteiger partial charge in [0.2, 0.25) is 26.6 Å². The average Bonchev–Trinajstić information content (AvgIpc) is 3.22. The van der Waals surface area contributed by atoms with E-state index in [0.717, 1.165) is 0 Å². The Morgan fingerprint density at radius 3 is 2.56 bits per heavy atom. The molecule has 168 valence electrons. The van der Waals surface area contributed by atoms with Crippen LogP contribution in [-0.4, -0.2) is 38.1 Å². The number of nitrogens with one attached hydrogen (secondary N) is 1. The molecule has 10 nitrogen and oxygen atoms in total. The Labute approximate surface area is 184 Å². The van der Waals surface area contributed by atoms with Crippen molar-refractivity contribution in [2.45, 2.75) is 23.8 Å². The van der Waals surface area contributed by atoms with Gasteiger partial charge in [-0.25, -0.2) is 8.42 Å². The Kier molecular flexibility index (Phi) is 5.74. The van der Waals surface area contributed by atoms with E-state index in [1.807, 2.05) is 13.8 Å². The lowest BCUT2D eigenvalue weighted by Gasteiger charge is -2.18. The summed E-state index contributed by atoms with van der Waals surface area (Å²) in [5.41, 5.74) is -0.166. The number of rotatable bonds is 7. The largest absolute Gasteiger partial charge is 0.486 e. The van der Waals surface area contributed by atoms with Crippen molar-refractivity contribution in [2.75, 3.05) is 25.1 Å². The molecule has 1 aliphatic rings. The second kappa shape index (κ2) is 8.50. The molecule has 0 unspecified atom stereocenters. The van der Waals surface area contributed by atoms with Crippen LogP contribution in [0.5, 0.6) is 11.5 Å². The number of aromatic nitrogens is 1. The van der Waals surface area contributed by atoms with Crippen molar-refractivity contribution >= 4 is 21.4 Å². The van der Waals surface area contributed by atoms with Gasteiger partial charge < -0.3 is 19.2 Å². The number of nitrogens with zero attached hydrogens (tertiary/aromatic N) is 2. The number of fused-ring (bicyclic) bond motifs is 1. The predicted octanol–water partition coefficient (Wildman–Crippen LogP) is 3.92. The number of oxazole rings is 1. The number of ether oxygens (including phenoxy) is 2. The standard InChI is InChI=1S/C21H21N3O7S/c1-13(2)12-22-20-21(23-19(31-20)15-5-3-4-6-16(15)24(25)26)32(27,28)14-7-8-17-18(11-14)30-10-9-29-17/h3-8,11,13,22H,9-10,12H2,1-2H3. The number of benzene rings is 2. The van der Waals surface area contributed by atoms with E-state index in [4.69, 9.17) is 13.9 Å². The molecule has 0 amide bonds. The minimum absolute atomic E-state index is 0.0586. The van der Waals surface area contributed by atoms with E-state index in [0.29, 0.717) is 31.3 Å². The first-order valence-corrected chi connectivity index (χ1v) is 11.4. The summed E-state index contributed by atoms with van der Waals surface area (Å²) in [6.45, 7) is 4.99. The van der Waals surface area contributed by atoms with Crippen LogP contribution in [0.25, 0.3) is 11.5 Å². The summed E-state index contributed by atoms with van der Waals surface area (Å²) in [7, 11) is -4.14. The summed E-state index contributed by atoms with van der Waals surface area (Å²) in [5, 5.41) is 14.0. The van der Waals surface area contributed by atoms with E-state index in [1.54, 1.807) is 6.07 Å². The van der Waals surface area contributed by atoms with Crippen LogP contribution in [-0.2, 0) is 9.84 Å². The Morgan fingerprint density at radius 1 is 1.12 bits per heavy atom. The van der Waals surface area contributed by atoms with E-state index in [1.165, 1.54) is 36.4 Å². The van der Waals surface area contributed by atoms with Gasteiger partial charge in [-0.1, -0.05) is 26.0 Å². The minimum Gasteiger partial charge on any atom is -0.486 e. The molecule has 1 N–H and O–H groups in total. The molecule has 1 aromatic heterocycles. The van der Waals surface area contributed by atoms with E-state index in [9.17, 15) is 18.5 Å². The maximum atomic E-state index is 13.5.